The Kier molecular flexibility index (Phi) is 4.57. The monoisotopic (exact) mass is 344 g/mol. The lowest BCUT2D eigenvalue weighted by Crippen LogP contribution is -2.48. The second kappa shape index (κ2) is 6.79. The van der Waals surface area contributed by atoms with Gasteiger partial charge >= 0.3 is 11.8 Å². The SMILES string of the molecule is Cc1nc(-c2ccccc2)sc1C(=O)NNC(=O)C(=O)NC1CC1. The number of carbonyl (C=O) groups is 3. The van der Waals surface area contributed by atoms with Crippen molar-refractivity contribution in [3.63, 3.8) is 0 Å². The average Bonchev–Trinajstić information content (AvgIpc) is 3.32. The summed E-state index contributed by atoms with van der Waals surface area (Å²) in [5.74, 6) is -2.13. The minimum Gasteiger partial charge on any atom is -0.345 e. The molecule has 0 saturated heterocycles. The van der Waals surface area contributed by atoms with Crippen molar-refractivity contribution in [2.45, 2.75) is 25.8 Å². The third kappa shape index (κ3) is 3.77. The fourth-order valence-electron chi connectivity index (χ4n) is 2.02. The molecule has 1 heterocycles. The van der Waals surface area contributed by atoms with Crippen LogP contribution in [0.15, 0.2) is 30.3 Å². The molecule has 0 aliphatic heterocycles. The normalized spacial score (nSPS) is 13.2. The fourth-order valence-corrected chi connectivity index (χ4v) is 2.98. The molecule has 1 aliphatic rings. The first-order chi connectivity index (χ1) is 11.5. The number of nitrogens with zero attached hydrogens (tertiary/aromatic N) is 1. The molecule has 1 aromatic carbocycles. The van der Waals surface area contributed by atoms with E-state index >= 15 is 0 Å². The molecule has 1 fully saturated rings. The summed E-state index contributed by atoms with van der Waals surface area (Å²) in [6, 6.07) is 9.58. The van der Waals surface area contributed by atoms with E-state index in [1.165, 1.54) is 11.3 Å². The molecule has 3 rings (SSSR count). The number of hydrazine groups is 1. The molecule has 3 amide bonds. The van der Waals surface area contributed by atoms with Crippen molar-refractivity contribution in [2.75, 3.05) is 0 Å². The van der Waals surface area contributed by atoms with Crippen molar-refractivity contribution in [1.29, 1.82) is 0 Å². The first kappa shape index (κ1) is 16.1. The molecule has 3 N–H and O–H groups in total. The van der Waals surface area contributed by atoms with Gasteiger partial charge in [-0.05, 0) is 19.8 Å². The number of hydrogen-bond donors (Lipinski definition) is 3. The van der Waals surface area contributed by atoms with Crippen LogP contribution in [-0.4, -0.2) is 28.7 Å². The van der Waals surface area contributed by atoms with Gasteiger partial charge in [-0.2, -0.15) is 0 Å². The molecule has 8 heteroatoms. The van der Waals surface area contributed by atoms with Crippen LogP contribution in [0.3, 0.4) is 0 Å². The summed E-state index contributed by atoms with van der Waals surface area (Å²) in [6.45, 7) is 1.72. The van der Waals surface area contributed by atoms with E-state index in [9.17, 15) is 14.4 Å². The van der Waals surface area contributed by atoms with Crippen molar-refractivity contribution < 1.29 is 14.4 Å². The van der Waals surface area contributed by atoms with E-state index in [0.717, 1.165) is 23.4 Å². The Morgan fingerprint density at radius 3 is 2.46 bits per heavy atom. The predicted molar refractivity (Wildman–Crippen MR) is 89.1 cm³/mol. The molecule has 0 spiro atoms. The van der Waals surface area contributed by atoms with Gasteiger partial charge in [-0.1, -0.05) is 30.3 Å². The second-order valence-electron chi connectivity index (χ2n) is 5.46. The standard InChI is InChI=1S/C16H16N4O3S/c1-9-12(24-16(17-9)10-5-3-2-4-6-10)13(21)19-20-15(23)14(22)18-11-7-8-11/h2-6,11H,7-8H2,1H3,(H,18,22)(H,19,21)(H,20,23). The molecule has 2 aromatic rings. The minimum atomic E-state index is -0.888. The summed E-state index contributed by atoms with van der Waals surface area (Å²) < 4.78 is 0. The number of aromatic nitrogens is 1. The van der Waals surface area contributed by atoms with Crippen LogP contribution in [0.2, 0.25) is 0 Å². The highest BCUT2D eigenvalue weighted by Crippen LogP contribution is 2.27. The Morgan fingerprint density at radius 1 is 1.08 bits per heavy atom. The number of aryl methyl sites for hydroxylation is 1. The van der Waals surface area contributed by atoms with Gasteiger partial charge in [0.25, 0.3) is 5.91 Å². The first-order valence-electron chi connectivity index (χ1n) is 7.48. The van der Waals surface area contributed by atoms with E-state index in [1.54, 1.807) is 6.92 Å². The average molecular weight is 344 g/mol. The van der Waals surface area contributed by atoms with Crippen molar-refractivity contribution in [3.8, 4) is 10.6 Å². The van der Waals surface area contributed by atoms with E-state index < -0.39 is 17.7 Å². The Bertz CT molecular complexity index is 784. The topological polar surface area (TPSA) is 100 Å². The van der Waals surface area contributed by atoms with Gasteiger partial charge in [0.05, 0.1) is 5.69 Å². The second-order valence-corrected chi connectivity index (χ2v) is 6.45. The van der Waals surface area contributed by atoms with Crippen molar-refractivity contribution in [1.82, 2.24) is 21.2 Å². The number of carbonyl (C=O) groups excluding carboxylic acids is 3. The summed E-state index contributed by atoms with van der Waals surface area (Å²) in [5.41, 5.74) is 5.85. The van der Waals surface area contributed by atoms with E-state index in [1.807, 2.05) is 30.3 Å². The van der Waals surface area contributed by atoms with Gasteiger partial charge in [0.1, 0.15) is 9.88 Å². The molecule has 124 valence electrons. The molecule has 1 aromatic heterocycles. The van der Waals surface area contributed by atoms with Crippen LogP contribution in [0.5, 0.6) is 0 Å². The van der Waals surface area contributed by atoms with E-state index in [4.69, 9.17) is 0 Å². The van der Waals surface area contributed by atoms with Crippen LogP contribution >= 0.6 is 11.3 Å². The lowest BCUT2D eigenvalue weighted by molar-refractivity contribution is -0.139. The van der Waals surface area contributed by atoms with Crippen LogP contribution in [-0.2, 0) is 9.59 Å². The van der Waals surface area contributed by atoms with Crippen LogP contribution in [0.25, 0.3) is 10.6 Å². The third-order valence-electron chi connectivity index (χ3n) is 3.43. The number of rotatable bonds is 3. The van der Waals surface area contributed by atoms with E-state index in [-0.39, 0.29) is 6.04 Å². The number of amides is 3. The lowest BCUT2D eigenvalue weighted by Gasteiger charge is -2.06. The largest absolute Gasteiger partial charge is 0.345 e. The van der Waals surface area contributed by atoms with E-state index in [0.29, 0.717) is 10.6 Å². The van der Waals surface area contributed by atoms with Gasteiger partial charge < -0.3 is 5.32 Å². The molecule has 7 nitrogen and oxygen atoms in total. The van der Waals surface area contributed by atoms with Crippen LogP contribution < -0.4 is 16.2 Å². The third-order valence-corrected chi connectivity index (χ3v) is 4.64. The lowest BCUT2D eigenvalue weighted by atomic mass is 10.2. The van der Waals surface area contributed by atoms with Gasteiger partial charge in [-0.25, -0.2) is 4.98 Å². The highest BCUT2D eigenvalue weighted by molar-refractivity contribution is 7.17. The molecule has 0 bridgehead atoms. The summed E-state index contributed by atoms with van der Waals surface area (Å²) in [4.78, 5) is 40.1. The van der Waals surface area contributed by atoms with Crippen molar-refractivity contribution >= 4 is 29.1 Å². The Balaban J connectivity index is 1.61. The fraction of sp³-hybridized carbons (Fsp3) is 0.250. The number of nitrogens with one attached hydrogen (secondary N) is 3. The highest BCUT2D eigenvalue weighted by atomic mass is 32.1. The number of hydrogen-bond acceptors (Lipinski definition) is 5. The summed E-state index contributed by atoms with van der Waals surface area (Å²) in [6.07, 6.45) is 1.77. The molecule has 0 atom stereocenters. The minimum absolute atomic E-state index is 0.0797. The number of benzene rings is 1. The first-order valence-corrected chi connectivity index (χ1v) is 8.30. The van der Waals surface area contributed by atoms with Gasteiger partial charge in [-0.15, -0.1) is 11.3 Å². The zero-order valence-electron chi connectivity index (χ0n) is 13.0. The summed E-state index contributed by atoms with van der Waals surface area (Å²) >= 11 is 1.23. The highest BCUT2D eigenvalue weighted by Gasteiger charge is 2.26. The molecular weight excluding hydrogens is 328 g/mol. The smallest absolute Gasteiger partial charge is 0.327 e. The molecule has 1 saturated carbocycles. The van der Waals surface area contributed by atoms with Gasteiger partial charge in [-0.3, -0.25) is 25.2 Å². The van der Waals surface area contributed by atoms with Crippen molar-refractivity contribution in [3.05, 3.63) is 40.9 Å². The molecular formula is C16H16N4O3S. The summed E-state index contributed by atoms with van der Waals surface area (Å²) in [5, 5.41) is 3.26. The predicted octanol–water partition coefficient (Wildman–Crippen LogP) is 1.16. The van der Waals surface area contributed by atoms with Gasteiger partial charge in [0.2, 0.25) is 0 Å². The van der Waals surface area contributed by atoms with Crippen LogP contribution in [0, 0.1) is 6.92 Å². The zero-order chi connectivity index (χ0) is 17.1. The quantitative estimate of drug-likeness (QED) is 0.574. The maximum atomic E-state index is 12.2. The number of thiazole rings is 1. The van der Waals surface area contributed by atoms with Crippen LogP contribution in [0.1, 0.15) is 28.2 Å². The van der Waals surface area contributed by atoms with Gasteiger partial charge in [0.15, 0.2) is 0 Å². The van der Waals surface area contributed by atoms with Crippen molar-refractivity contribution in [2.24, 2.45) is 0 Å². The molecule has 0 radical (unpaired) electrons. The Labute approximate surface area is 142 Å². The molecule has 24 heavy (non-hydrogen) atoms. The summed E-state index contributed by atoms with van der Waals surface area (Å²) in [7, 11) is 0. The Hall–Kier alpha value is -2.74. The Morgan fingerprint density at radius 2 is 1.79 bits per heavy atom. The van der Waals surface area contributed by atoms with E-state index in [2.05, 4.69) is 21.2 Å². The molecule has 1 aliphatic carbocycles. The zero-order valence-corrected chi connectivity index (χ0v) is 13.8. The van der Waals surface area contributed by atoms with Gasteiger partial charge in [0, 0.05) is 11.6 Å². The maximum absolute atomic E-state index is 12.2. The molecule has 0 unspecified atom stereocenters. The maximum Gasteiger partial charge on any atom is 0.327 e. The van der Waals surface area contributed by atoms with Crippen LogP contribution in [0.4, 0.5) is 0 Å².